The number of aromatic hydroxyl groups is 1. The minimum atomic E-state index is 0.326. The smallest absolute Gasteiger partial charge is 0.120 e. The quantitative estimate of drug-likeness (QED) is 0.870. The van der Waals surface area contributed by atoms with Gasteiger partial charge >= 0.3 is 0 Å². The first-order valence-corrected chi connectivity index (χ1v) is 7.65. The molecule has 0 radical (unpaired) electrons. The zero-order valence-electron chi connectivity index (χ0n) is 12.5. The fourth-order valence-electron chi connectivity index (χ4n) is 3.63. The van der Waals surface area contributed by atoms with Crippen molar-refractivity contribution in [3.05, 3.63) is 29.8 Å². The van der Waals surface area contributed by atoms with Gasteiger partial charge in [-0.3, -0.25) is 4.90 Å². The van der Waals surface area contributed by atoms with Gasteiger partial charge in [-0.1, -0.05) is 44.9 Å². The summed E-state index contributed by atoms with van der Waals surface area (Å²) in [4.78, 5) is 2.50. The molecule has 1 aromatic carbocycles. The van der Waals surface area contributed by atoms with Crippen LogP contribution in [0.2, 0.25) is 0 Å². The molecule has 2 nitrogen and oxygen atoms in total. The van der Waals surface area contributed by atoms with Gasteiger partial charge in [0.15, 0.2) is 0 Å². The Labute approximate surface area is 117 Å². The van der Waals surface area contributed by atoms with E-state index in [9.17, 15) is 5.11 Å². The summed E-state index contributed by atoms with van der Waals surface area (Å²) in [5.41, 5.74) is 1.07. The van der Waals surface area contributed by atoms with Crippen LogP contribution >= 0.6 is 0 Å². The van der Waals surface area contributed by atoms with Crippen LogP contribution in [0, 0.1) is 5.92 Å². The lowest BCUT2D eigenvalue weighted by molar-refractivity contribution is 0.0926. The van der Waals surface area contributed by atoms with E-state index in [2.05, 4.69) is 31.9 Å². The molecule has 3 atom stereocenters. The van der Waals surface area contributed by atoms with Gasteiger partial charge in [0.05, 0.1) is 0 Å². The Kier molecular flexibility index (Phi) is 4.87. The number of phenolic OH excluding ortho intramolecular Hbond substituents is 1. The first-order chi connectivity index (χ1) is 9.15. The second-order valence-electron chi connectivity index (χ2n) is 5.98. The standard InChI is InChI=1S/C17H27NO/c1-4-15(14-10-6-8-12-17(14)19)18(3)16-11-7-5-9-13(16)2/h6,8,10,12-13,15-16,19H,4-5,7,9,11H2,1-3H3. The maximum Gasteiger partial charge on any atom is 0.120 e. The summed E-state index contributed by atoms with van der Waals surface area (Å²) in [5.74, 6) is 1.20. The van der Waals surface area contributed by atoms with Crippen LogP contribution in [0.3, 0.4) is 0 Å². The summed E-state index contributed by atoms with van der Waals surface area (Å²) in [5, 5.41) is 10.1. The summed E-state index contributed by atoms with van der Waals surface area (Å²) in [6.45, 7) is 4.58. The molecule has 2 rings (SSSR count). The Morgan fingerprint density at radius 2 is 1.95 bits per heavy atom. The third-order valence-electron chi connectivity index (χ3n) is 4.76. The largest absolute Gasteiger partial charge is 0.508 e. The predicted octanol–water partition coefficient (Wildman–Crippen LogP) is 4.35. The highest BCUT2D eigenvalue weighted by Crippen LogP contribution is 2.36. The van der Waals surface area contributed by atoms with Crippen molar-refractivity contribution in [2.45, 2.75) is 58.0 Å². The molecule has 1 aromatic rings. The molecular formula is C17H27NO. The van der Waals surface area contributed by atoms with E-state index in [1.54, 1.807) is 6.07 Å². The van der Waals surface area contributed by atoms with Crippen LogP contribution < -0.4 is 0 Å². The number of para-hydroxylation sites is 1. The van der Waals surface area contributed by atoms with Crippen molar-refractivity contribution in [2.24, 2.45) is 5.92 Å². The van der Waals surface area contributed by atoms with Crippen LogP contribution in [0.25, 0.3) is 0 Å². The van der Waals surface area contributed by atoms with Gasteiger partial charge in [-0.05, 0) is 38.3 Å². The molecule has 106 valence electrons. The Morgan fingerprint density at radius 3 is 2.58 bits per heavy atom. The van der Waals surface area contributed by atoms with Crippen LogP contribution in [0.1, 0.15) is 57.6 Å². The van der Waals surface area contributed by atoms with Crippen molar-refractivity contribution >= 4 is 0 Å². The minimum absolute atomic E-state index is 0.326. The lowest BCUT2D eigenvalue weighted by Gasteiger charge is -2.41. The summed E-state index contributed by atoms with van der Waals surface area (Å²) >= 11 is 0. The summed E-state index contributed by atoms with van der Waals surface area (Å²) in [6, 6.07) is 8.76. The van der Waals surface area contributed by atoms with Gasteiger partial charge in [0.25, 0.3) is 0 Å². The molecule has 0 saturated heterocycles. The van der Waals surface area contributed by atoms with Gasteiger partial charge in [0.1, 0.15) is 5.75 Å². The van der Waals surface area contributed by atoms with Crippen molar-refractivity contribution in [3.8, 4) is 5.75 Å². The Hall–Kier alpha value is -1.02. The van der Waals surface area contributed by atoms with Crippen LogP contribution in [0.15, 0.2) is 24.3 Å². The number of rotatable bonds is 4. The maximum absolute atomic E-state index is 10.1. The van der Waals surface area contributed by atoms with E-state index < -0.39 is 0 Å². The molecule has 1 N–H and O–H groups in total. The molecule has 0 aliphatic heterocycles. The SMILES string of the molecule is CCC(c1ccccc1O)N(C)C1CCCCC1C. The molecule has 1 aliphatic carbocycles. The fourth-order valence-corrected chi connectivity index (χ4v) is 3.63. The summed E-state index contributed by atoms with van der Waals surface area (Å²) < 4.78 is 0. The van der Waals surface area contributed by atoms with E-state index in [0.29, 0.717) is 17.8 Å². The Bertz CT molecular complexity index is 404. The second kappa shape index (κ2) is 6.42. The van der Waals surface area contributed by atoms with Crippen molar-refractivity contribution in [2.75, 3.05) is 7.05 Å². The van der Waals surface area contributed by atoms with Gasteiger partial charge < -0.3 is 5.11 Å². The lowest BCUT2D eigenvalue weighted by Crippen LogP contribution is -2.41. The average Bonchev–Trinajstić information content (AvgIpc) is 2.42. The monoisotopic (exact) mass is 261 g/mol. The topological polar surface area (TPSA) is 23.5 Å². The highest BCUT2D eigenvalue weighted by atomic mass is 16.3. The van der Waals surface area contributed by atoms with Crippen molar-refractivity contribution in [1.82, 2.24) is 4.90 Å². The number of hydrogen-bond acceptors (Lipinski definition) is 2. The second-order valence-corrected chi connectivity index (χ2v) is 5.98. The molecule has 0 bridgehead atoms. The molecule has 1 aliphatic rings. The van der Waals surface area contributed by atoms with Crippen LogP contribution in [0.4, 0.5) is 0 Å². The summed E-state index contributed by atoms with van der Waals surface area (Å²) in [7, 11) is 2.23. The molecule has 0 aromatic heterocycles. The predicted molar refractivity (Wildman–Crippen MR) is 80.3 cm³/mol. The normalized spacial score (nSPS) is 25.5. The lowest BCUT2D eigenvalue weighted by atomic mass is 9.83. The van der Waals surface area contributed by atoms with E-state index in [0.717, 1.165) is 17.9 Å². The molecule has 0 amide bonds. The van der Waals surface area contributed by atoms with Crippen LogP contribution in [-0.4, -0.2) is 23.1 Å². The average molecular weight is 261 g/mol. The highest BCUT2D eigenvalue weighted by molar-refractivity contribution is 5.34. The highest BCUT2D eigenvalue weighted by Gasteiger charge is 2.30. The molecule has 19 heavy (non-hydrogen) atoms. The molecular weight excluding hydrogens is 234 g/mol. The fraction of sp³-hybridized carbons (Fsp3) is 0.647. The third kappa shape index (κ3) is 3.11. The van der Waals surface area contributed by atoms with Crippen LogP contribution in [-0.2, 0) is 0 Å². The Morgan fingerprint density at radius 1 is 1.26 bits per heavy atom. The number of phenols is 1. The van der Waals surface area contributed by atoms with Crippen molar-refractivity contribution in [3.63, 3.8) is 0 Å². The van der Waals surface area contributed by atoms with E-state index in [1.165, 1.54) is 25.7 Å². The molecule has 1 fully saturated rings. The van der Waals surface area contributed by atoms with Crippen molar-refractivity contribution in [1.29, 1.82) is 0 Å². The van der Waals surface area contributed by atoms with Gasteiger partial charge in [-0.2, -0.15) is 0 Å². The first-order valence-electron chi connectivity index (χ1n) is 7.65. The van der Waals surface area contributed by atoms with Gasteiger partial charge in [-0.15, -0.1) is 0 Å². The molecule has 3 unspecified atom stereocenters. The van der Waals surface area contributed by atoms with E-state index >= 15 is 0 Å². The van der Waals surface area contributed by atoms with Gasteiger partial charge in [-0.25, -0.2) is 0 Å². The zero-order valence-corrected chi connectivity index (χ0v) is 12.5. The Balaban J connectivity index is 2.19. The zero-order chi connectivity index (χ0) is 13.8. The maximum atomic E-state index is 10.1. The third-order valence-corrected chi connectivity index (χ3v) is 4.76. The van der Waals surface area contributed by atoms with Crippen molar-refractivity contribution < 1.29 is 5.11 Å². The number of hydrogen-bond donors (Lipinski definition) is 1. The molecule has 2 heteroatoms. The molecule has 0 spiro atoms. The van der Waals surface area contributed by atoms with E-state index in [1.807, 2.05) is 12.1 Å². The number of nitrogens with zero attached hydrogens (tertiary/aromatic N) is 1. The van der Waals surface area contributed by atoms with Crippen LogP contribution in [0.5, 0.6) is 5.75 Å². The van der Waals surface area contributed by atoms with Gasteiger partial charge in [0, 0.05) is 17.6 Å². The van der Waals surface area contributed by atoms with E-state index in [-0.39, 0.29) is 0 Å². The van der Waals surface area contributed by atoms with E-state index in [4.69, 9.17) is 0 Å². The number of benzene rings is 1. The minimum Gasteiger partial charge on any atom is -0.508 e. The molecule has 0 heterocycles. The first kappa shape index (κ1) is 14.4. The van der Waals surface area contributed by atoms with Gasteiger partial charge in [0.2, 0.25) is 0 Å². The summed E-state index contributed by atoms with van der Waals surface area (Å²) in [6.07, 6.45) is 6.39. The molecule has 1 saturated carbocycles.